The number of phosphoric acid groups is 1. The number of likely N-dealkylation sites (N-methyl/N-ethyl adjacent to an activating group) is 1. The highest BCUT2D eigenvalue weighted by atomic mass is 31.2. The average molecular weight is 840 g/mol. The summed E-state index contributed by atoms with van der Waals surface area (Å²) in [6, 6.07) is 0. The van der Waals surface area contributed by atoms with E-state index >= 15 is 0 Å². The second-order valence-corrected chi connectivity index (χ2v) is 18.5. The number of ether oxygens (including phenoxy) is 2. The van der Waals surface area contributed by atoms with E-state index in [-0.39, 0.29) is 32.0 Å². The molecule has 0 N–H and O–H groups in total. The van der Waals surface area contributed by atoms with Gasteiger partial charge in [-0.25, -0.2) is 0 Å². The Morgan fingerprint density at radius 1 is 0.534 bits per heavy atom. The third-order valence-electron chi connectivity index (χ3n) is 10.1. The predicted octanol–water partition coefficient (Wildman–Crippen LogP) is 13.1. The van der Waals surface area contributed by atoms with E-state index in [9.17, 15) is 19.0 Å². The molecule has 0 aromatic rings. The third-order valence-corrected chi connectivity index (χ3v) is 11.1. The Morgan fingerprint density at radius 3 is 1.41 bits per heavy atom. The first-order valence-electron chi connectivity index (χ1n) is 23.7. The van der Waals surface area contributed by atoms with Gasteiger partial charge >= 0.3 is 11.9 Å². The smallest absolute Gasteiger partial charge is 0.306 e. The number of carbonyl (C=O) groups is 2. The fraction of sp³-hybridized carbons (Fsp3) is 0.833. The van der Waals surface area contributed by atoms with Crippen LogP contribution in [0.5, 0.6) is 0 Å². The van der Waals surface area contributed by atoms with E-state index in [0.717, 1.165) is 64.2 Å². The summed E-state index contributed by atoms with van der Waals surface area (Å²) in [6.07, 6.45) is 45.9. The van der Waals surface area contributed by atoms with Crippen LogP contribution < -0.4 is 4.89 Å². The van der Waals surface area contributed by atoms with Crippen molar-refractivity contribution in [3.63, 3.8) is 0 Å². The molecule has 0 saturated carbocycles. The zero-order valence-corrected chi connectivity index (χ0v) is 39.1. The fourth-order valence-corrected chi connectivity index (χ4v) is 7.11. The van der Waals surface area contributed by atoms with Gasteiger partial charge in [-0.15, -0.1) is 0 Å². The number of carbonyl (C=O) groups excluding carboxylic acids is 2. The van der Waals surface area contributed by atoms with Crippen LogP contribution in [0.25, 0.3) is 0 Å². The van der Waals surface area contributed by atoms with Crippen LogP contribution in [0.15, 0.2) is 36.5 Å². The molecule has 340 valence electrons. The van der Waals surface area contributed by atoms with Gasteiger partial charge in [0.2, 0.25) is 0 Å². The van der Waals surface area contributed by atoms with Crippen molar-refractivity contribution >= 4 is 19.8 Å². The number of allylic oxidation sites excluding steroid dienone is 6. The molecule has 0 aromatic heterocycles. The lowest BCUT2D eigenvalue weighted by Crippen LogP contribution is -2.37. The molecule has 9 nitrogen and oxygen atoms in total. The van der Waals surface area contributed by atoms with E-state index in [2.05, 4.69) is 50.3 Å². The van der Waals surface area contributed by atoms with Gasteiger partial charge in [-0.3, -0.25) is 14.2 Å². The minimum absolute atomic E-state index is 0.0331. The number of nitrogens with zero attached hydrogens (tertiary/aromatic N) is 1. The Labute approximate surface area is 357 Å². The summed E-state index contributed by atoms with van der Waals surface area (Å²) in [6.45, 7) is 4.20. The minimum atomic E-state index is -4.63. The molecule has 0 aliphatic carbocycles. The van der Waals surface area contributed by atoms with Crippen molar-refractivity contribution in [2.45, 2.75) is 213 Å². The zero-order chi connectivity index (χ0) is 42.8. The fourth-order valence-electron chi connectivity index (χ4n) is 6.39. The largest absolute Gasteiger partial charge is 0.756 e. The molecular formula is C48H90NO8P. The Bertz CT molecular complexity index is 1090. The first-order valence-corrected chi connectivity index (χ1v) is 25.2. The maximum absolute atomic E-state index is 12.7. The lowest BCUT2D eigenvalue weighted by atomic mass is 10.1. The van der Waals surface area contributed by atoms with E-state index in [4.69, 9.17) is 18.5 Å². The maximum atomic E-state index is 12.7. The lowest BCUT2D eigenvalue weighted by Gasteiger charge is -2.28. The summed E-state index contributed by atoms with van der Waals surface area (Å²) >= 11 is 0. The topological polar surface area (TPSA) is 111 Å². The van der Waals surface area contributed by atoms with Crippen LogP contribution in [0.2, 0.25) is 0 Å². The Kier molecular flexibility index (Phi) is 39.4. The monoisotopic (exact) mass is 840 g/mol. The molecule has 0 amide bonds. The molecule has 0 rings (SSSR count). The van der Waals surface area contributed by atoms with Crippen molar-refractivity contribution in [3.8, 4) is 0 Å². The highest BCUT2D eigenvalue weighted by Gasteiger charge is 2.21. The molecule has 58 heavy (non-hydrogen) atoms. The Hall–Kier alpha value is -1.77. The van der Waals surface area contributed by atoms with Crippen molar-refractivity contribution in [2.75, 3.05) is 47.5 Å². The van der Waals surface area contributed by atoms with Gasteiger partial charge in [0.05, 0.1) is 27.7 Å². The summed E-state index contributed by atoms with van der Waals surface area (Å²) < 4.78 is 34.0. The van der Waals surface area contributed by atoms with Gasteiger partial charge in [0.25, 0.3) is 7.82 Å². The number of quaternary nitrogens is 1. The highest BCUT2D eigenvalue weighted by molar-refractivity contribution is 7.45. The molecular weight excluding hydrogens is 750 g/mol. The summed E-state index contributed by atoms with van der Waals surface area (Å²) in [5, 5.41) is 0. The van der Waals surface area contributed by atoms with Gasteiger partial charge < -0.3 is 27.9 Å². The number of unbranched alkanes of at least 4 members (excludes halogenated alkanes) is 23. The molecule has 0 heterocycles. The van der Waals surface area contributed by atoms with E-state index < -0.39 is 26.5 Å². The van der Waals surface area contributed by atoms with Crippen molar-refractivity contribution in [1.82, 2.24) is 0 Å². The molecule has 0 spiro atoms. The maximum Gasteiger partial charge on any atom is 0.306 e. The Morgan fingerprint density at radius 2 is 0.931 bits per heavy atom. The SMILES string of the molecule is CCCCC/C=C/C/C=C/CCCCCCCCCC(=O)O[C@H](COC(=O)CCCCCCCCC/C=C/CCCCCCCC)COP(=O)([O-])OCC[N+](C)(C)C. The van der Waals surface area contributed by atoms with E-state index in [1.807, 2.05) is 21.1 Å². The first kappa shape index (κ1) is 56.2. The van der Waals surface area contributed by atoms with Gasteiger partial charge in [0, 0.05) is 12.8 Å². The molecule has 10 heteroatoms. The van der Waals surface area contributed by atoms with Crippen molar-refractivity contribution in [1.29, 1.82) is 0 Å². The van der Waals surface area contributed by atoms with Crippen LogP contribution in [0.3, 0.4) is 0 Å². The lowest BCUT2D eigenvalue weighted by molar-refractivity contribution is -0.870. The summed E-state index contributed by atoms with van der Waals surface area (Å²) in [5.74, 6) is -0.845. The van der Waals surface area contributed by atoms with Gasteiger partial charge in [0.15, 0.2) is 6.10 Å². The number of phosphoric ester groups is 1. The van der Waals surface area contributed by atoms with Crippen molar-refractivity contribution < 1.29 is 42.1 Å². The highest BCUT2D eigenvalue weighted by Crippen LogP contribution is 2.38. The molecule has 0 saturated heterocycles. The first-order chi connectivity index (χ1) is 28.0. The van der Waals surface area contributed by atoms with Crippen LogP contribution in [-0.4, -0.2) is 70.0 Å². The van der Waals surface area contributed by atoms with Crippen molar-refractivity contribution in [3.05, 3.63) is 36.5 Å². The van der Waals surface area contributed by atoms with E-state index in [1.165, 1.54) is 109 Å². The predicted molar refractivity (Wildman–Crippen MR) is 241 cm³/mol. The number of hydrogen-bond acceptors (Lipinski definition) is 8. The zero-order valence-electron chi connectivity index (χ0n) is 38.2. The van der Waals surface area contributed by atoms with Crippen LogP contribution in [-0.2, 0) is 32.7 Å². The minimum Gasteiger partial charge on any atom is -0.756 e. The number of esters is 2. The molecule has 0 fully saturated rings. The standard InChI is InChI=1S/C48H90NO8P/c1-6-8-10-12-14-16-18-20-22-24-26-28-30-32-34-36-38-40-47(50)54-44-46(45-56-58(52,53)55-43-42-49(3,4)5)57-48(51)41-39-37-35-33-31-29-27-25-23-21-19-17-15-13-11-9-7-2/h15,17,20-23,46H,6-14,16,18-19,24-45H2,1-5H3/b17-15+,22-20+,23-21+/t46-/m1/s1. The number of rotatable bonds is 43. The average Bonchev–Trinajstić information content (AvgIpc) is 3.17. The quantitative estimate of drug-likeness (QED) is 0.0196. The van der Waals surface area contributed by atoms with Gasteiger partial charge in [-0.05, 0) is 70.6 Å². The Balaban J connectivity index is 4.33. The van der Waals surface area contributed by atoms with Crippen LogP contribution in [0, 0.1) is 0 Å². The summed E-state index contributed by atoms with van der Waals surface area (Å²) in [5.41, 5.74) is 0. The molecule has 0 radical (unpaired) electrons. The van der Waals surface area contributed by atoms with Gasteiger partial charge in [-0.2, -0.15) is 0 Å². The molecule has 1 unspecified atom stereocenters. The van der Waals surface area contributed by atoms with Crippen molar-refractivity contribution in [2.24, 2.45) is 0 Å². The van der Waals surface area contributed by atoms with Crippen LogP contribution >= 0.6 is 7.82 Å². The molecule has 2 atom stereocenters. The molecule has 0 bridgehead atoms. The molecule has 0 aliphatic rings. The van der Waals surface area contributed by atoms with Gasteiger partial charge in [0.1, 0.15) is 19.8 Å². The molecule has 0 aliphatic heterocycles. The van der Waals surface area contributed by atoms with Crippen LogP contribution in [0.4, 0.5) is 0 Å². The second kappa shape index (κ2) is 40.6. The third kappa shape index (κ3) is 43.8. The van der Waals surface area contributed by atoms with E-state index in [1.54, 1.807) is 0 Å². The summed E-state index contributed by atoms with van der Waals surface area (Å²) in [7, 11) is 1.16. The number of hydrogen-bond donors (Lipinski definition) is 0. The second-order valence-electron chi connectivity index (χ2n) is 17.1. The van der Waals surface area contributed by atoms with Crippen LogP contribution in [0.1, 0.15) is 206 Å². The summed E-state index contributed by atoms with van der Waals surface area (Å²) in [4.78, 5) is 37.6. The normalized spacial score (nSPS) is 13.8. The molecule has 0 aromatic carbocycles. The van der Waals surface area contributed by atoms with E-state index in [0.29, 0.717) is 17.4 Å². The van der Waals surface area contributed by atoms with Gasteiger partial charge in [-0.1, -0.05) is 159 Å².